The topological polar surface area (TPSA) is 47.0 Å². The minimum absolute atomic E-state index is 0.0438. The summed E-state index contributed by atoms with van der Waals surface area (Å²) in [5, 5.41) is 0.922. The highest BCUT2D eigenvalue weighted by Crippen LogP contribution is 2.36. The number of hydrogen-bond acceptors (Lipinski definition) is 4. The molecule has 0 aliphatic heterocycles. The maximum atomic E-state index is 13.1. The van der Waals surface area contributed by atoms with Crippen molar-refractivity contribution in [1.29, 1.82) is 0 Å². The van der Waals surface area contributed by atoms with Crippen molar-refractivity contribution in [3.05, 3.63) is 64.9 Å². The Morgan fingerprint density at radius 2 is 1.61 bits per heavy atom. The summed E-state index contributed by atoms with van der Waals surface area (Å²) in [4.78, 5) is 5.55. The molecule has 0 aliphatic carbocycles. The van der Waals surface area contributed by atoms with Crippen molar-refractivity contribution in [1.82, 2.24) is 4.98 Å². The van der Waals surface area contributed by atoms with Crippen LogP contribution in [0.5, 0.6) is 0 Å². The molecule has 0 spiro atoms. The highest BCUT2D eigenvalue weighted by molar-refractivity contribution is 7.71. The first-order valence-corrected chi connectivity index (χ1v) is 9.15. The number of aryl methyl sites for hydroxylation is 1. The predicted octanol–water partition coefficient (Wildman–Crippen LogP) is 4.04. The van der Waals surface area contributed by atoms with E-state index in [9.17, 15) is 12.8 Å². The average Bonchev–Trinajstić information content (AvgIpc) is 2.90. The third-order valence-corrected chi connectivity index (χ3v) is 5.02. The van der Waals surface area contributed by atoms with Gasteiger partial charge < -0.3 is 0 Å². The fourth-order valence-corrected chi connectivity index (χ4v) is 3.79. The van der Waals surface area contributed by atoms with Crippen LogP contribution in [-0.4, -0.2) is 13.4 Å². The van der Waals surface area contributed by atoms with Crippen molar-refractivity contribution in [3.8, 4) is 21.7 Å². The van der Waals surface area contributed by atoms with Crippen LogP contribution in [0.3, 0.4) is 0 Å². The van der Waals surface area contributed by atoms with Gasteiger partial charge in [0.15, 0.2) is 0 Å². The van der Waals surface area contributed by atoms with Crippen LogP contribution in [-0.2, 0) is 16.5 Å². The summed E-state index contributed by atoms with van der Waals surface area (Å²) in [5.41, 5.74) is 3.40. The van der Waals surface area contributed by atoms with Gasteiger partial charge in [-0.05, 0) is 42.3 Å². The standard InChI is InChI=1S/C17H14FNO2S2/c1-11-19-16(13-6-8-15(18)9-7-13)17(22-11)14-4-2-12(3-5-14)10-23(20)21/h2-9,23H,10H2,1H3. The van der Waals surface area contributed by atoms with Crippen molar-refractivity contribution >= 4 is 22.0 Å². The second kappa shape index (κ2) is 6.60. The van der Waals surface area contributed by atoms with Gasteiger partial charge in [-0.3, -0.25) is 0 Å². The Morgan fingerprint density at radius 1 is 1.00 bits per heavy atom. The monoisotopic (exact) mass is 347 g/mol. The third kappa shape index (κ3) is 3.65. The molecule has 1 heterocycles. The van der Waals surface area contributed by atoms with Gasteiger partial charge in [-0.15, -0.1) is 11.3 Å². The van der Waals surface area contributed by atoms with E-state index in [1.54, 1.807) is 23.5 Å². The fraction of sp³-hybridized carbons (Fsp3) is 0.118. The molecule has 0 saturated heterocycles. The lowest BCUT2D eigenvalue weighted by Crippen LogP contribution is -1.87. The molecule has 3 aromatic rings. The highest BCUT2D eigenvalue weighted by atomic mass is 32.2. The zero-order valence-electron chi connectivity index (χ0n) is 12.3. The zero-order chi connectivity index (χ0) is 16.4. The normalized spacial score (nSPS) is 11.1. The van der Waals surface area contributed by atoms with Crippen LogP contribution < -0.4 is 0 Å². The molecule has 0 radical (unpaired) electrons. The molecule has 1 aromatic heterocycles. The van der Waals surface area contributed by atoms with E-state index < -0.39 is 10.7 Å². The van der Waals surface area contributed by atoms with Gasteiger partial charge in [-0.2, -0.15) is 0 Å². The first-order chi connectivity index (χ1) is 11.0. The maximum Gasteiger partial charge on any atom is 0.144 e. The van der Waals surface area contributed by atoms with Crippen LogP contribution in [0.2, 0.25) is 0 Å². The van der Waals surface area contributed by atoms with Gasteiger partial charge in [0.05, 0.1) is 21.3 Å². The number of thiazole rings is 1. The van der Waals surface area contributed by atoms with Gasteiger partial charge in [0.1, 0.15) is 16.5 Å². The number of rotatable bonds is 4. The molecule has 0 bridgehead atoms. The molecule has 118 valence electrons. The SMILES string of the molecule is Cc1nc(-c2ccc(F)cc2)c(-c2ccc(C[SH](=O)=O)cc2)s1. The Hall–Kier alpha value is -2.05. The second-order valence-corrected chi connectivity index (χ2v) is 7.29. The van der Waals surface area contributed by atoms with Gasteiger partial charge in [-0.1, -0.05) is 24.3 Å². The third-order valence-electron chi connectivity index (χ3n) is 3.38. The van der Waals surface area contributed by atoms with Crippen LogP contribution in [0.15, 0.2) is 48.5 Å². The minimum Gasteiger partial charge on any atom is -0.241 e. The van der Waals surface area contributed by atoms with Crippen LogP contribution in [0, 0.1) is 12.7 Å². The van der Waals surface area contributed by atoms with Gasteiger partial charge in [0.25, 0.3) is 0 Å². The fourth-order valence-electron chi connectivity index (χ4n) is 2.34. The molecule has 6 heteroatoms. The first kappa shape index (κ1) is 15.8. The quantitative estimate of drug-likeness (QED) is 0.725. The molecular formula is C17H14FNO2S2. The average molecular weight is 347 g/mol. The summed E-state index contributed by atoms with van der Waals surface area (Å²) in [6.45, 7) is 1.93. The Balaban J connectivity index is 2.01. The Labute approximate surface area is 139 Å². The number of benzene rings is 2. The van der Waals surface area contributed by atoms with Gasteiger partial charge >= 0.3 is 0 Å². The van der Waals surface area contributed by atoms with E-state index in [0.29, 0.717) is 0 Å². The van der Waals surface area contributed by atoms with Crippen LogP contribution in [0.1, 0.15) is 10.6 Å². The van der Waals surface area contributed by atoms with E-state index >= 15 is 0 Å². The lowest BCUT2D eigenvalue weighted by atomic mass is 10.1. The highest BCUT2D eigenvalue weighted by Gasteiger charge is 2.13. The minimum atomic E-state index is -2.43. The molecule has 0 saturated carbocycles. The smallest absolute Gasteiger partial charge is 0.144 e. The van der Waals surface area contributed by atoms with Crippen molar-refractivity contribution in [2.24, 2.45) is 0 Å². The van der Waals surface area contributed by atoms with E-state index in [1.165, 1.54) is 12.1 Å². The number of aromatic nitrogens is 1. The van der Waals surface area contributed by atoms with Crippen molar-refractivity contribution in [3.63, 3.8) is 0 Å². The van der Waals surface area contributed by atoms with E-state index in [0.717, 1.165) is 32.3 Å². The summed E-state index contributed by atoms with van der Waals surface area (Å²) < 4.78 is 34.7. The first-order valence-electron chi connectivity index (χ1n) is 6.97. The summed E-state index contributed by atoms with van der Waals surface area (Å²) >= 11 is 1.56. The van der Waals surface area contributed by atoms with Crippen molar-refractivity contribution < 1.29 is 12.8 Å². The predicted molar refractivity (Wildman–Crippen MR) is 91.7 cm³/mol. The largest absolute Gasteiger partial charge is 0.241 e. The van der Waals surface area contributed by atoms with Gasteiger partial charge in [0.2, 0.25) is 0 Å². The second-order valence-electron chi connectivity index (χ2n) is 5.11. The Bertz CT molecular complexity index is 889. The summed E-state index contributed by atoms with van der Waals surface area (Å²) in [7, 11) is -2.43. The van der Waals surface area contributed by atoms with Gasteiger partial charge in [0, 0.05) is 5.56 Å². The van der Waals surface area contributed by atoms with Crippen LogP contribution >= 0.6 is 11.3 Å². The lowest BCUT2D eigenvalue weighted by Gasteiger charge is -2.04. The Kier molecular flexibility index (Phi) is 4.54. The molecule has 0 N–H and O–H groups in total. The molecule has 3 nitrogen and oxygen atoms in total. The molecule has 2 aromatic carbocycles. The summed E-state index contributed by atoms with van der Waals surface area (Å²) in [6.07, 6.45) is 0. The van der Waals surface area contributed by atoms with Crippen LogP contribution in [0.25, 0.3) is 21.7 Å². The van der Waals surface area contributed by atoms with Crippen LogP contribution in [0.4, 0.5) is 4.39 Å². The molecule has 0 aliphatic rings. The molecule has 0 amide bonds. The number of halogens is 1. The van der Waals surface area contributed by atoms with Gasteiger partial charge in [-0.25, -0.2) is 17.8 Å². The van der Waals surface area contributed by atoms with E-state index in [1.807, 2.05) is 31.2 Å². The van der Waals surface area contributed by atoms with Crippen molar-refractivity contribution in [2.45, 2.75) is 12.7 Å². The Morgan fingerprint density at radius 3 is 2.22 bits per heavy atom. The molecule has 3 rings (SSSR count). The number of nitrogens with zero attached hydrogens (tertiary/aromatic N) is 1. The molecule has 23 heavy (non-hydrogen) atoms. The molecule has 0 atom stereocenters. The zero-order valence-corrected chi connectivity index (χ0v) is 14.0. The van der Waals surface area contributed by atoms with E-state index in [2.05, 4.69) is 4.98 Å². The molecule has 0 unspecified atom stereocenters. The molecular weight excluding hydrogens is 333 g/mol. The summed E-state index contributed by atoms with van der Waals surface area (Å²) in [5.74, 6) is -0.236. The number of thiol groups is 1. The van der Waals surface area contributed by atoms with Crippen molar-refractivity contribution in [2.75, 3.05) is 0 Å². The van der Waals surface area contributed by atoms with E-state index in [-0.39, 0.29) is 11.6 Å². The van der Waals surface area contributed by atoms with E-state index in [4.69, 9.17) is 0 Å². The maximum absolute atomic E-state index is 13.1. The number of hydrogen-bond donors (Lipinski definition) is 1. The molecule has 0 fully saturated rings. The lowest BCUT2D eigenvalue weighted by molar-refractivity contribution is 0.614. The summed E-state index contributed by atoms with van der Waals surface area (Å²) in [6, 6.07) is 13.7.